The zero-order valence-electron chi connectivity index (χ0n) is 12.5. The Kier molecular flexibility index (Phi) is 3.01. The summed E-state index contributed by atoms with van der Waals surface area (Å²) < 4.78 is 0. The smallest absolute Gasteiger partial charge is 0.266 e. The summed E-state index contributed by atoms with van der Waals surface area (Å²) in [6, 6.07) is 0. The van der Waals surface area contributed by atoms with Crippen LogP contribution in [0.1, 0.15) is 55.5 Å². The second-order valence-corrected chi connectivity index (χ2v) is 7.81. The molecule has 1 aromatic heterocycles. The minimum Gasteiger partial charge on any atom is -0.266 e. The van der Waals surface area contributed by atoms with E-state index in [9.17, 15) is 4.79 Å². The van der Waals surface area contributed by atoms with Crippen LogP contribution in [-0.4, -0.2) is 16.6 Å². The van der Waals surface area contributed by atoms with E-state index in [-0.39, 0.29) is 16.7 Å². The molecule has 1 amide bonds. The number of thiazole rings is 1. The van der Waals surface area contributed by atoms with Crippen molar-refractivity contribution < 1.29 is 4.79 Å². The Hall–Kier alpha value is -1.23. The molecule has 0 radical (unpaired) electrons. The molecular weight excluding hydrogens is 270 g/mol. The quantitative estimate of drug-likeness (QED) is 0.849. The number of hydrogen-bond acceptors (Lipinski definition) is 4. The minimum absolute atomic E-state index is 0.128. The van der Waals surface area contributed by atoms with Gasteiger partial charge >= 0.3 is 0 Å². The van der Waals surface area contributed by atoms with Gasteiger partial charge in [0.15, 0.2) is 0 Å². The van der Waals surface area contributed by atoms with Crippen LogP contribution in [0.5, 0.6) is 0 Å². The molecule has 2 aliphatic carbocycles. The zero-order valence-corrected chi connectivity index (χ0v) is 13.3. The highest BCUT2D eigenvalue weighted by Gasteiger charge is 2.59. The normalized spacial score (nSPS) is 32.8. The molecule has 2 aliphatic rings. The molecule has 108 valence electrons. The summed E-state index contributed by atoms with van der Waals surface area (Å²) in [6.07, 6.45) is 3.47. The monoisotopic (exact) mass is 291 g/mol. The number of amides is 1. The summed E-state index contributed by atoms with van der Waals surface area (Å²) in [7, 11) is 0. The number of nitrogens with one attached hydrogen (secondary N) is 1. The molecule has 1 heterocycles. The van der Waals surface area contributed by atoms with E-state index in [4.69, 9.17) is 0 Å². The van der Waals surface area contributed by atoms with E-state index < -0.39 is 0 Å². The maximum absolute atomic E-state index is 12.0. The summed E-state index contributed by atoms with van der Waals surface area (Å²) in [5.74, 6) is 0.496. The first-order chi connectivity index (χ1) is 9.34. The van der Waals surface area contributed by atoms with Gasteiger partial charge in [0.25, 0.3) is 5.91 Å². The second kappa shape index (κ2) is 4.38. The van der Waals surface area contributed by atoms with Crippen molar-refractivity contribution in [1.29, 1.82) is 0 Å². The van der Waals surface area contributed by atoms with Gasteiger partial charge in [-0.1, -0.05) is 20.8 Å². The predicted octanol–water partition coefficient (Wildman–Crippen LogP) is 3.38. The van der Waals surface area contributed by atoms with Crippen molar-refractivity contribution in [3.05, 3.63) is 16.1 Å². The van der Waals surface area contributed by atoms with Crippen LogP contribution in [0.2, 0.25) is 0 Å². The summed E-state index contributed by atoms with van der Waals surface area (Å²) in [5.41, 5.74) is 4.72. The lowest BCUT2D eigenvalue weighted by Crippen LogP contribution is -2.34. The number of carbonyl (C=O) groups excluding carboxylic acids is 1. The molecule has 0 aromatic carbocycles. The van der Waals surface area contributed by atoms with Gasteiger partial charge in [0.2, 0.25) is 0 Å². The molecule has 2 bridgehead atoms. The maximum atomic E-state index is 12.0. The molecule has 0 saturated heterocycles. The van der Waals surface area contributed by atoms with Crippen molar-refractivity contribution >= 4 is 23.0 Å². The van der Waals surface area contributed by atoms with E-state index in [1.54, 1.807) is 5.38 Å². The molecule has 2 saturated carbocycles. The Balaban J connectivity index is 1.77. The van der Waals surface area contributed by atoms with Gasteiger partial charge in [-0.15, -0.1) is 11.3 Å². The highest BCUT2D eigenvalue weighted by atomic mass is 32.1. The highest BCUT2D eigenvalue weighted by molar-refractivity contribution is 7.09. The van der Waals surface area contributed by atoms with Crippen LogP contribution in [0.4, 0.5) is 0 Å². The van der Waals surface area contributed by atoms with Crippen molar-refractivity contribution in [2.45, 2.75) is 47.0 Å². The average Bonchev–Trinajstić information content (AvgIpc) is 2.97. The fourth-order valence-corrected chi connectivity index (χ4v) is 4.33. The van der Waals surface area contributed by atoms with Crippen LogP contribution in [0, 0.1) is 23.7 Å². The summed E-state index contributed by atoms with van der Waals surface area (Å²) in [5, 5.41) is 7.11. The number of hydrogen-bond donors (Lipinski definition) is 1. The lowest BCUT2D eigenvalue weighted by molar-refractivity contribution is 0.0949. The number of hydrazone groups is 1. The molecule has 20 heavy (non-hydrogen) atoms. The van der Waals surface area contributed by atoms with Crippen molar-refractivity contribution in [3.8, 4) is 0 Å². The molecule has 1 aromatic rings. The Labute approximate surface area is 123 Å². The maximum Gasteiger partial charge on any atom is 0.290 e. The average molecular weight is 291 g/mol. The lowest BCUT2D eigenvalue weighted by atomic mass is 9.70. The van der Waals surface area contributed by atoms with Gasteiger partial charge in [-0.05, 0) is 37.5 Å². The fourth-order valence-electron chi connectivity index (χ4n) is 3.74. The fraction of sp³-hybridized carbons (Fsp3) is 0.667. The van der Waals surface area contributed by atoms with E-state index in [0.717, 1.165) is 17.1 Å². The van der Waals surface area contributed by atoms with Crippen molar-refractivity contribution in [2.75, 3.05) is 0 Å². The standard InChI is InChI=1S/C15H21N3OS/c1-9-16-11(8-20-9)13(19)18-17-12-7-10-5-6-15(12,4)14(10,2)3/h8,10H,5-7H2,1-4H3,(H,18,19)/b17-12-. The molecule has 0 aliphatic heterocycles. The third-order valence-electron chi connectivity index (χ3n) is 5.66. The molecule has 2 unspecified atom stereocenters. The Morgan fingerprint density at radius 3 is 2.75 bits per heavy atom. The lowest BCUT2D eigenvalue weighted by Gasteiger charge is -2.34. The van der Waals surface area contributed by atoms with Crippen molar-refractivity contribution in [1.82, 2.24) is 10.4 Å². The molecule has 2 atom stereocenters. The van der Waals surface area contributed by atoms with Gasteiger partial charge < -0.3 is 0 Å². The topological polar surface area (TPSA) is 54.4 Å². The zero-order chi connectivity index (χ0) is 14.5. The SMILES string of the molecule is Cc1nc(C(=O)N/N=C2/CC3CCC2(C)C3(C)C)cs1. The van der Waals surface area contributed by atoms with Crippen LogP contribution < -0.4 is 5.43 Å². The van der Waals surface area contributed by atoms with Gasteiger partial charge in [0.05, 0.1) is 5.01 Å². The summed E-state index contributed by atoms with van der Waals surface area (Å²) in [4.78, 5) is 16.2. The molecule has 4 nitrogen and oxygen atoms in total. The number of nitrogens with zero attached hydrogens (tertiary/aromatic N) is 2. The number of fused-ring (bicyclic) bond motifs is 2. The van der Waals surface area contributed by atoms with Gasteiger partial charge in [-0.3, -0.25) is 4.79 Å². The van der Waals surface area contributed by atoms with Gasteiger partial charge in [0.1, 0.15) is 5.69 Å². The predicted molar refractivity (Wildman–Crippen MR) is 81.0 cm³/mol. The molecule has 0 spiro atoms. The Bertz CT molecular complexity index is 590. The first kappa shape index (κ1) is 13.7. The van der Waals surface area contributed by atoms with Crippen LogP contribution >= 0.6 is 11.3 Å². The number of rotatable bonds is 2. The molecule has 3 rings (SSSR count). The largest absolute Gasteiger partial charge is 0.290 e. The number of aromatic nitrogens is 1. The third kappa shape index (κ3) is 1.83. The van der Waals surface area contributed by atoms with Gasteiger partial charge in [-0.25, -0.2) is 10.4 Å². The van der Waals surface area contributed by atoms with E-state index in [0.29, 0.717) is 11.6 Å². The van der Waals surface area contributed by atoms with Crippen LogP contribution in [-0.2, 0) is 0 Å². The van der Waals surface area contributed by atoms with Gasteiger partial charge in [0, 0.05) is 16.5 Å². The Morgan fingerprint density at radius 1 is 1.50 bits per heavy atom. The van der Waals surface area contributed by atoms with E-state index in [2.05, 4.69) is 36.3 Å². The molecule has 2 fully saturated rings. The summed E-state index contributed by atoms with van der Waals surface area (Å²) in [6.45, 7) is 8.85. The number of carbonyl (C=O) groups is 1. The van der Waals surface area contributed by atoms with E-state index in [1.165, 1.54) is 24.2 Å². The van der Waals surface area contributed by atoms with Crippen LogP contribution in [0.3, 0.4) is 0 Å². The van der Waals surface area contributed by atoms with Crippen LogP contribution in [0.15, 0.2) is 10.5 Å². The highest BCUT2D eigenvalue weighted by Crippen LogP contribution is 2.63. The molecular formula is C15H21N3OS. The second-order valence-electron chi connectivity index (χ2n) is 6.74. The minimum atomic E-state index is -0.203. The van der Waals surface area contributed by atoms with Crippen molar-refractivity contribution in [3.63, 3.8) is 0 Å². The van der Waals surface area contributed by atoms with E-state index in [1.807, 2.05) is 6.92 Å². The molecule has 1 N–H and O–H groups in total. The summed E-state index contributed by atoms with van der Waals surface area (Å²) >= 11 is 1.48. The first-order valence-electron chi connectivity index (χ1n) is 7.14. The van der Waals surface area contributed by atoms with Crippen molar-refractivity contribution in [2.24, 2.45) is 21.8 Å². The number of aryl methyl sites for hydroxylation is 1. The first-order valence-corrected chi connectivity index (χ1v) is 8.02. The third-order valence-corrected chi connectivity index (χ3v) is 6.43. The molecule has 5 heteroatoms. The van der Waals surface area contributed by atoms with Gasteiger partial charge in [-0.2, -0.15) is 5.10 Å². The van der Waals surface area contributed by atoms with E-state index >= 15 is 0 Å². The van der Waals surface area contributed by atoms with Crippen LogP contribution in [0.25, 0.3) is 0 Å². The Morgan fingerprint density at radius 2 is 2.25 bits per heavy atom.